The number of carbonyl (C=O) groups excluding carboxylic acids is 1. The van der Waals surface area contributed by atoms with Crippen molar-refractivity contribution in [1.29, 1.82) is 0 Å². The fraction of sp³-hybridized carbons (Fsp3) is 0.103. The van der Waals surface area contributed by atoms with E-state index in [1.807, 2.05) is 37.4 Å². The molecule has 11 heteroatoms. The van der Waals surface area contributed by atoms with E-state index in [0.29, 0.717) is 33.5 Å². The van der Waals surface area contributed by atoms with E-state index in [4.69, 9.17) is 5.73 Å². The summed E-state index contributed by atoms with van der Waals surface area (Å²) in [6.45, 7) is 1.79. The van der Waals surface area contributed by atoms with Gasteiger partial charge in [0.1, 0.15) is 5.56 Å². The fourth-order valence-electron chi connectivity index (χ4n) is 4.60. The van der Waals surface area contributed by atoms with Crippen LogP contribution in [-0.4, -0.2) is 39.8 Å². The molecule has 0 aliphatic carbocycles. The monoisotopic (exact) mass is 529 g/mol. The van der Waals surface area contributed by atoms with Gasteiger partial charge in [0.15, 0.2) is 11.5 Å². The van der Waals surface area contributed by atoms with Crippen LogP contribution in [0.5, 0.6) is 0 Å². The number of pyridine rings is 2. The molecule has 0 spiro atoms. The van der Waals surface area contributed by atoms with E-state index in [1.165, 1.54) is 4.52 Å². The lowest BCUT2D eigenvalue weighted by Gasteiger charge is -2.21. The average molecular weight is 530 g/mol. The molecule has 0 aliphatic heterocycles. The van der Waals surface area contributed by atoms with Crippen molar-refractivity contribution in [2.75, 3.05) is 5.73 Å². The molecule has 0 aliphatic rings. The van der Waals surface area contributed by atoms with Crippen LogP contribution in [0.4, 0.5) is 5.82 Å². The third kappa shape index (κ3) is 4.33. The van der Waals surface area contributed by atoms with Crippen LogP contribution in [0.1, 0.15) is 40.1 Å². The van der Waals surface area contributed by atoms with Crippen LogP contribution >= 0.6 is 0 Å². The number of aryl methyl sites for hydroxylation is 1. The van der Waals surface area contributed by atoms with Gasteiger partial charge in [-0.1, -0.05) is 30.0 Å². The molecule has 40 heavy (non-hydrogen) atoms. The highest BCUT2D eigenvalue weighted by Gasteiger charge is 2.24. The predicted octanol–water partition coefficient (Wildman–Crippen LogP) is 2.63. The molecule has 5 heterocycles. The number of anilines is 1. The van der Waals surface area contributed by atoms with Gasteiger partial charge in [-0.25, -0.2) is 9.50 Å². The number of fused-ring (bicyclic) bond motifs is 2. The van der Waals surface area contributed by atoms with Crippen LogP contribution in [-0.2, 0) is 7.05 Å². The van der Waals surface area contributed by atoms with E-state index < -0.39 is 11.9 Å². The molecule has 0 unspecified atom stereocenters. The molecule has 0 radical (unpaired) electrons. The van der Waals surface area contributed by atoms with Crippen LogP contribution in [0.15, 0.2) is 84.3 Å². The van der Waals surface area contributed by atoms with Gasteiger partial charge in [0.05, 0.1) is 34.4 Å². The minimum absolute atomic E-state index is 0.0564. The van der Waals surface area contributed by atoms with Crippen LogP contribution < -0.4 is 16.6 Å². The first kappa shape index (κ1) is 24.6. The molecule has 3 N–H and O–H groups in total. The van der Waals surface area contributed by atoms with E-state index >= 15 is 0 Å². The zero-order valence-electron chi connectivity index (χ0n) is 21.6. The minimum atomic E-state index is -0.616. The molecule has 0 bridgehead atoms. The molecule has 0 saturated heterocycles. The Bertz CT molecular complexity index is 2030. The summed E-state index contributed by atoms with van der Waals surface area (Å²) >= 11 is 0. The Balaban J connectivity index is 1.48. The maximum Gasteiger partial charge on any atom is 0.266 e. The van der Waals surface area contributed by atoms with Gasteiger partial charge in [0.25, 0.3) is 11.5 Å². The van der Waals surface area contributed by atoms with Crippen molar-refractivity contribution in [3.05, 3.63) is 112 Å². The third-order valence-corrected chi connectivity index (χ3v) is 6.44. The number of amides is 1. The highest BCUT2D eigenvalue weighted by Crippen LogP contribution is 2.23. The summed E-state index contributed by atoms with van der Waals surface area (Å²) in [5.41, 5.74) is 9.15. The van der Waals surface area contributed by atoms with Crippen molar-refractivity contribution in [1.82, 2.24) is 39.2 Å². The Morgan fingerprint density at radius 1 is 1.07 bits per heavy atom. The Hall–Kier alpha value is -5.76. The van der Waals surface area contributed by atoms with Gasteiger partial charge in [-0.3, -0.25) is 23.8 Å². The lowest BCUT2D eigenvalue weighted by atomic mass is 10.1. The maximum atomic E-state index is 14.1. The van der Waals surface area contributed by atoms with Crippen molar-refractivity contribution in [3.8, 4) is 17.5 Å². The number of para-hydroxylation sites is 1. The Labute approximate surface area is 227 Å². The van der Waals surface area contributed by atoms with E-state index in [1.54, 1.807) is 65.4 Å². The van der Waals surface area contributed by atoms with Crippen molar-refractivity contribution >= 4 is 28.3 Å². The molecule has 6 rings (SSSR count). The summed E-state index contributed by atoms with van der Waals surface area (Å²) in [6, 6.07) is 13.8. The largest absolute Gasteiger partial charge is 0.381 e. The number of nitrogens with two attached hydrogens (primary N) is 1. The van der Waals surface area contributed by atoms with E-state index in [2.05, 4.69) is 37.3 Å². The SMILES string of the molecule is C[C@H](NC(=O)c1c(N)nn2cccnc12)c1cc2nccc(C#Cc3cnn(C)c3)c2c(=O)n1-c1ccccc1. The summed E-state index contributed by atoms with van der Waals surface area (Å²) in [6.07, 6.45) is 8.30. The molecule has 11 nitrogen and oxygen atoms in total. The highest BCUT2D eigenvalue weighted by molar-refractivity contribution is 6.04. The van der Waals surface area contributed by atoms with E-state index in [0.717, 1.165) is 5.56 Å². The summed E-state index contributed by atoms with van der Waals surface area (Å²) in [5.74, 6) is 5.76. The van der Waals surface area contributed by atoms with E-state index in [9.17, 15) is 9.59 Å². The van der Waals surface area contributed by atoms with Gasteiger partial charge in [-0.15, -0.1) is 5.10 Å². The van der Waals surface area contributed by atoms with Crippen molar-refractivity contribution in [2.24, 2.45) is 7.05 Å². The molecule has 196 valence electrons. The van der Waals surface area contributed by atoms with Gasteiger partial charge >= 0.3 is 0 Å². The third-order valence-electron chi connectivity index (χ3n) is 6.44. The molecule has 0 fully saturated rings. The fourth-order valence-corrected chi connectivity index (χ4v) is 4.60. The average Bonchev–Trinajstić information content (AvgIpc) is 3.53. The minimum Gasteiger partial charge on any atom is -0.381 e. The number of nitrogens with zero attached hydrogens (tertiary/aromatic N) is 7. The number of benzene rings is 1. The second-order valence-corrected chi connectivity index (χ2v) is 9.16. The lowest BCUT2D eigenvalue weighted by molar-refractivity contribution is 0.0941. The molecule has 6 aromatic rings. The second kappa shape index (κ2) is 9.85. The first-order valence-electron chi connectivity index (χ1n) is 12.4. The van der Waals surface area contributed by atoms with E-state index in [-0.39, 0.29) is 16.9 Å². The van der Waals surface area contributed by atoms with Crippen molar-refractivity contribution in [2.45, 2.75) is 13.0 Å². The molecule has 1 atom stereocenters. The quantitative estimate of drug-likeness (QED) is 0.335. The number of rotatable bonds is 4. The van der Waals surface area contributed by atoms with Gasteiger partial charge in [-0.05, 0) is 37.3 Å². The molecule has 0 saturated carbocycles. The number of carbonyl (C=O) groups is 1. The first-order chi connectivity index (χ1) is 19.4. The van der Waals surface area contributed by atoms with Crippen LogP contribution in [0.25, 0.3) is 22.2 Å². The Morgan fingerprint density at radius 2 is 1.90 bits per heavy atom. The first-order valence-corrected chi connectivity index (χ1v) is 12.4. The molecule has 1 amide bonds. The standard InChI is InChI=1S/C29H23N9O2/c1-18(34-28(39)25-26(30)35-37-14-6-12-32-27(25)37)23-15-22-24(29(40)38(23)21-7-4-3-5-8-21)20(11-13-31-22)10-9-19-16-33-36(2)17-19/h3-8,11-18H,1-2H3,(H2,30,35)(H,34,39)/t18-/m0/s1. The topological polar surface area (TPSA) is 138 Å². The second-order valence-electron chi connectivity index (χ2n) is 9.16. The van der Waals surface area contributed by atoms with Crippen LogP contribution in [0, 0.1) is 11.8 Å². The van der Waals surface area contributed by atoms with Crippen molar-refractivity contribution < 1.29 is 4.79 Å². The number of hydrogen-bond donors (Lipinski definition) is 2. The Kier molecular flexibility index (Phi) is 6.05. The van der Waals surface area contributed by atoms with Gasteiger partial charge < -0.3 is 11.1 Å². The van der Waals surface area contributed by atoms with Crippen LogP contribution in [0.3, 0.4) is 0 Å². The van der Waals surface area contributed by atoms with Crippen LogP contribution in [0.2, 0.25) is 0 Å². The maximum absolute atomic E-state index is 14.1. The predicted molar refractivity (Wildman–Crippen MR) is 150 cm³/mol. The molecule has 5 aromatic heterocycles. The summed E-state index contributed by atoms with van der Waals surface area (Å²) in [7, 11) is 1.81. The molecule has 1 aromatic carbocycles. The van der Waals surface area contributed by atoms with Gasteiger partial charge in [0.2, 0.25) is 0 Å². The smallest absolute Gasteiger partial charge is 0.266 e. The normalized spacial score (nSPS) is 11.8. The number of aromatic nitrogens is 7. The lowest BCUT2D eigenvalue weighted by Crippen LogP contribution is -2.32. The van der Waals surface area contributed by atoms with Gasteiger partial charge in [-0.2, -0.15) is 5.10 Å². The number of nitrogens with one attached hydrogen (secondary N) is 1. The molecular formula is C29H23N9O2. The summed E-state index contributed by atoms with van der Waals surface area (Å²) < 4.78 is 4.68. The van der Waals surface area contributed by atoms with Crippen molar-refractivity contribution in [3.63, 3.8) is 0 Å². The Morgan fingerprint density at radius 3 is 2.67 bits per heavy atom. The zero-order chi connectivity index (χ0) is 27.8. The van der Waals surface area contributed by atoms with Gasteiger partial charge in [0, 0.05) is 43.1 Å². The number of hydrogen-bond acceptors (Lipinski definition) is 7. The number of nitrogen functional groups attached to an aromatic ring is 1. The summed E-state index contributed by atoms with van der Waals surface area (Å²) in [5, 5.41) is 11.7. The highest BCUT2D eigenvalue weighted by atomic mass is 16.2. The summed E-state index contributed by atoms with van der Waals surface area (Å²) in [4.78, 5) is 36.2. The molecular weight excluding hydrogens is 506 g/mol. The zero-order valence-corrected chi connectivity index (χ0v) is 21.6.